The highest BCUT2D eigenvalue weighted by Gasteiger charge is 2.31. The van der Waals surface area contributed by atoms with E-state index in [1.165, 1.54) is 0 Å². The summed E-state index contributed by atoms with van der Waals surface area (Å²) in [7, 11) is 0. The van der Waals surface area contributed by atoms with E-state index in [0.717, 1.165) is 30.4 Å². The summed E-state index contributed by atoms with van der Waals surface area (Å²) in [4.78, 5) is 11.8. The minimum Gasteiger partial charge on any atom is -0.390 e. The molecule has 0 fully saturated rings. The lowest BCUT2D eigenvalue weighted by atomic mass is 10.1. The number of fused-ring (bicyclic) bond motifs is 1. The van der Waals surface area contributed by atoms with Gasteiger partial charge in [-0.15, -0.1) is 0 Å². The highest BCUT2D eigenvalue weighted by molar-refractivity contribution is 5.76. The van der Waals surface area contributed by atoms with Gasteiger partial charge in [-0.05, 0) is 17.5 Å². The van der Waals surface area contributed by atoms with Gasteiger partial charge in [0.1, 0.15) is 0 Å². The van der Waals surface area contributed by atoms with E-state index < -0.39 is 6.10 Å². The van der Waals surface area contributed by atoms with Crippen molar-refractivity contribution in [2.24, 2.45) is 0 Å². The fourth-order valence-corrected chi connectivity index (χ4v) is 2.53. The molecule has 0 heterocycles. The van der Waals surface area contributed by atoms with Crippen LogP contribution in [0.1, 0.15) is 49.8 Å². The van der Waals surface area contributed by atoms with Crippen LogP contribution in [0.25, 0.3) is 0 Å². The molecule has 0 radical (unpaired) electrons. The van der Waals surface area contributed by atoms with Crippen LogP contribution in [-0.4, -0.2) is 17.1 Å². The van der Waals surface area contributed by atoms with Crippen LogP contribution in [0.4, 0.5) is 0 Å². The monoisotopic (exact) mass is 247 g/mol. The Balaban J connectivity index is 1.95. The molecule has 1 aliphatic carbocycles. The molecule has 0 saturated heterocycles. The van der Waals surface area contributed by atoms with Crippen LogP contribution in [0.3, 0.4) is 0 Å². The molecule has 0 aromatic heterocycles. The molecule has 0 spiro atoms. The molecule has 98 valence electrons. The van der Waals surface area contributed by atoms with Crippen molar-refractivity contribution < 1.29 is 9.90 Å². The maximum Gasteiger partial charge on any atom is 0.220 e. The third-order valence-corrected chi connectivity index (χ3v) is 3.53. The minimum atomic E-state index is -0.488. The first-order valence-electron chi connectivity index (χ1n) is 6.77. The maximum atomic E-state index is 11.8. The lowest BCUT2D eigenvalue weighted by Gasteiger charge is -2.17. The van der Waals surface area contributed by atoms with E-state index in [0.29, 0.717) is 12.8 Å². The summed E-state index contributed by atoms with van der Waals surface area (Å²) in [6.45, 7) is 2.12. The quantitative estimate of drug-likeness (QED) is 0.785. The molecule has 18 heavy (non-hydrogen) atoms. The molecule has 1 amide bonds. The average Bonchev–Trinajstić information content (AvgIpc) is 2.67. The van der Waals surface area contributed by atoms with Crippen LogP contribution in [0.15, 0.2) is 24.3 Å². The normalized spacial score (nSPS) is 21.7. The Kier molecular flexibility index (Phi) is 4.37. The van der Waals surface area contributed by atoms with Crippen molar-refractivity contribution in [1.82, 2.24) is 5.32 Å². The zero-order valence-corrected chi connectivity index (χ0v) is 10.9. The SMILES string of the molecule is CCCCCC(=O)N[C@H]1c2ccccc2C[C@H]1O. The van der Waals surface area contributed by atoms with Gasteiger partial charge in [0, 0.05) is 12.8 Å². The van der Waals surface area contributed by atoms with Crippen LogP contribution in [0.2, 0.25) is 0 Å². The summed E-state index contributed by atoms with van der Waals surface area (Å²) >= 11 is 0. The molecule has 0 unspecified atom stereocenters. The Morgan fingerprint density at radius 1 is 1.39 bits per heavy atom. The van der Waals surface area contributed by atoms with Crippen LogP contribution in [-0.2, 0) is 11.2 Å². The van der Waals surface area contributed by atoms with Gasteiger partial charge in [0.25, 0.3) is 0 Å². The highest BCUT2D eigenvalue weighted by atomic mass is 16.3. The fraction of sp³-hybridized carbons (Fsp3) is 0.533. The smallest absolute Gasteiger partial charge is 0.220 e. The van der Waals surface area contributed by atoms with Crippen molar-refractivity contribution >= 4 is 5.91 Å². The molecular formula is C15H21NO2. The van der Waals surface area contributed by atoms with Crippen molar-refractivity contribution in [2.45, 2.75) is 51.2 Å². The summed E-state index contributed by atoms with van der Waals surface area (Å²) in [5, 5.41) is 13.0. The van der Waals surface area contributed by atoms with Gasteiger partial charge in [0.05, 0.1) is 12.1 Å². The second kappa shape index (κ2) is 6.01. The molecular weight excluding hydrogens is 226 g/mol. The molecule has 3 heteroatoms. The second-order valence-electron chi connectivity index (χ2n) is 4.97. The number of hydrogen-bond donors (Lipinski definition) is 2. The van der Waals surface area contributed by atoms with Gasteiger partial charge in [-0.25, -0.2) is 0 Å². The van der Waals surface area contributed by atoms with Gasteiger partial charge in [-0.3, -0.25) is 4.79 Å². The molecule has 2 atom stereocenters. The Morgan fingerprint density at radius 2 is 2.17 bits per heavy atom. The van der Waals surface area contributed by atoms with Crippen molar-refractivity contribution in [3.63, 3.8) is 0 Å². The van der Waals surface area contributed by atoms with Gasteiger partial charge in [-0.1, -0.05) is 44.0 Å². The largest absolute Gasteiger partial charge is 0.390 e. The number of rotatable bonds is 5. The average molecular weight is 247 g/mol. The van der Waals surface area contributed by atoms with Gasteiger partial charge in [0.15, 0.2) is 0 Å². The Hall–Kier alpha value is -1.35. The van der Waals surface area contributed by atoms with E-state index in [1.54, 1.807) is 0 Å². The minimum absolute atomic E-state index is 0.0456. The zero-order valence-electron chi connectivity index (χ0n) is 10.9. The number of aliphatic hydroxyl groups excluding tert-OH is 1. The number of amides is 1. The Bertz CT molecular complexity index is 417. The first-order chi connectivity index (χ1) is 8.72. The van der Waals surface area contributed by atoms with Gasteiger partial charge >= 0.3 is 0 Å². The van der Waals surface area contributed by atoms with Crippen molar-refractivity contribution in [3.8, 4) is 0 Å². The summed E-state index contributed by atoms with van der Waals surface area (Å²) in [6, 6.07) is 7.70. The van der Waals surface area contributed by atoms with Crippen LogP contribution >= 0.6 is 0 Å². The van der Waals surface area contributed by atoms with Crippen LogP contribution < -0.4 is 5.32 Å². The Labute approximate surface area is 108 Å². The Morgan fingerprint density at radius 3 is 2.94 bits per heavy atom. The molecule has 1 aromatic rings. The second-order valence-corrected chi connectivity index (χ2v) is 4.97. The zero-order chi connectivity index (χ0) is 13.0. The van der Waals surface area contributed by atoms with Gasteiger partial charge < -0.3 is 10.4 Å². The molecule has 0 saturated carbocycles. The lowest BCUT2D eigenvalue weighted by Crippen LogP contribution is -2.33. The maximum absolute atomic E-state index is 11.8. The topological polar surface area (TPSA) is 49.3 Å². The predicted octanol–water partition coefficient (Wildman–Crippen LogP) is 2.34. The third kappa shape index (κ3) is 2.91. The number of benzene rings is 1. The lowest BCUT2D eigenvalue weighted by molar-refractivity contribution is -0.122. The predicted molar refractivity (Wildman–Crippen MR) is 71.2 cm³/mol. The molecule has 1 aliphatic rings. The van der Waals surface area contributed by atoms with Crippen molar-refractivity contribution in [2.75, 3.05) is 0 Å². The van der Waals surface area contributed by atoms with E-state index in [-0.39, 0.29) is 11.9 Å². The van der Waals surface area contributed by atoms with E-state index in [9.17, 15) is 9.90 Å². The number of carbonyl (C=O) groups is 1. The third-order valence-electron chi connectivity index (χ3n) is 3.53. The summed E-state index contributed by atoms with van der Waals surface area (Å²) in [5.74, 6) is 0.0456. The highest BCUT2D eigenvalue weighted by Crippen LogP contribution is 2.31. The molecule has 0 bridgehead atoms. The number of nitrogens with one attached hydrogen (secondary N) is 1. The van der Waals surface area contributed by atoms with Gasteiger partial charge in [-0.2, -0.15) is 0 Å². The number of hydrogen-bond acceptors (Lipinski definition) is 2. The number of aliphatic hydroxyl groups is 1. The van der Waals surface area contributed by atoms with Crippen LogP contribution in [0, 0.1) is 0 Å². The summed E-state index contributed by atoms with van der Waals surface area (Å²) < 4.78 is 0. The van der Waals surface area contributed by atoms with Crippen molar-refractivity contribution in [1.29, 1.82) is 0 Å². The molecule has 3 nitrogen and oxygen atoms in total. The van der Waals surface area contributed by atoms with Crippen molar-refractivity contribution in [3.05, 3.63) is 35.4 Å². The molecule has 0 aliphatic heterocycles. The van der Waals surface area contributed by atoms with E-state index in [4.69, 9.17) is 0 Å². The molecule has 1 aromatic carbocycles. The summed E-state index contributed by atoms with van der Waals surface area (Å²) in [5.41, 5.74) is 2.21. The molecule has 2 N–H and O–H groups in total. The first-order valence-corrected chi connectivity index (χ1v) is 6.77. The first kappa shape index (κ1) is 13.1. The van der Waals surface area contributed by atoms with Crippen LogP contribution in [0.5, 0.6) is 0 Å². The standard InChI is InChI=1S/C15H21NO2/c1-2-3-4-9-14(18)16-15-12-8-6-5-7-11(12)10-13(15)17/h5-8,13,15,17H,2-4,9-10H2,1H3,(H,16,18)/t13-,15+/m1/s1. The number of carbonyl (C=O) groups excluding carboxylic acids is 1. The molecule has 2 rings (SSSR count). The van der Waals surface area contributed by atoms with E-state index in [1.807, 2.05) is 24.3 Å². The van der Waals surface area contributed by atoms with E-state index in [2.05, 4.69) is 12.2 Å². The van der Waals surface area contributed by atoms with Gasteiger partial charge in [0.2, 0.25) is 5.91 Å². The number of unbranched alkanes of at least 4 members (excludes halogenated alkanes) is 2. The summed E-state index contributed by atoms with van der Waals surface area (Å²) in [6.07, 6.45) is 3.82. The van der Waals surface area contributed by atoms with E-state index >= 15 is 0 Å². The fourth-order valence-electron chi connectivity index (χ4n) is 2.53.